The van der Waals surface area contributed by atoms with E-state index < -0.39 is 0 Å². The van der Waals surface area contributed by atoms with Crippen molar-refractivity contribution < 1.29 is 28.4 Å². The Morgan fingerprint density at radius 2 is 0.923 bits per heavy atom. The lowest BCUT2D eigenvalue weighted by atomic mass is 10.0. The molecule has 0 unspecified atom stereocenters. The van der Waals surface area contributed by atoms with Gasteiger partial charge in [0.1, 0.15) is 11.5 Å². The molecule has 0 saturated heterocycles. The Labute approximate surface area is 231 Å². The van der Waals surface area contributed by atoms with Crippen LogP contribution in [0.4, 0.5) is 0 Å². The van der Waals surface area contributed by atoms with Crippen LogP contribution < -0.4 is 28.4 Å². The molecule has 0 aliphatic carbocycles. The zero-order valence-corrected chi connectivity index (χ0v) is 23.3. The Hall–Kier alpha value is -4.32. The van der Waals surface area contributed by atoms with E-state index in [1.165, 1.54) is 11.1 Å². The van der Waals surface area contributed by atoms with Crippen LogP contribution in [0.5, 0.6) is 40.2 Å². The monoisotopic (exact) mass is 528 g/mol. The van der Waals surface area contributed by atoms with Gasteiger partial charge in [-0.3, -0.25) is 0 Å². The van der Waals surface area contributed by atoms with E-state index in [9.17, 15) is 0 Å². The lowest BCUT2D eigenvalue weighted by molar-refractivity contribution is 0.324. The normalized spacial score (nSPS) is 10.6. The molecule has 4 rings (SSSR count). The highest BCUT2D eigenvalue weighted by Gasteiger charge is 2.14. The highest BCUT2D eigenvalue weighted by Crippen LogP contribution is 2.38. The van der Waals surface area contributed by atoms with Gasteiger partial charge in [-0.15, -0.1) is 0 Å². The molecule has 4 aromatic rings. The standard InChI is InChI=1S/C33H36O6/c1-34-27-10-6-8-23(18-27)12-13-25-16-17-29(35-2)30(20-25)39-28-11-7-9-24(19-28)14-15-26-21-31(36-3)33(38-5)32(22-26)37-4/h6-11,16-22H,12-15H2,1-5H3. The highest BCUT2D eigenvalue weighted by molar-refractivity contribution is 5.54. The lowest BCUT2D eigenvalue weighted by Crippen LogP contribution is -1.99. The van der Waals surface area contributed by atoms with Crippen LogP contribution in [-0.4, -0.2) is 35.5 Å². The van der Waals surface area contributed by atoms with Gasteiger partial charge in [0, 0.05) is 0 Å². The van der Waals surface area contributed by atoms with Crippen LogP contribution in [0.25, 0.3) is 0 Å². The zero-order chi connectivity index (χ0) is 27.6. The Kier molecular flexibility index (Phi) is 9.57. The van der Waals surface area contributed by atoms with E-state index in [0.717, 1.165) is 48.3 Å². The van der Waals surface area contributed by atoms with Crippen molar-refractivity contribution >= 4 is 0 Å². The summed E-state index contributed by atoms with van der Waals surface area (Å²) < 4.78 is 33.7. The molecule has 0 atom stereocenters. The third-order valence-electron chi connectivity index (χ3n) is 6.62. The molecular weight excluding hydrogens is 492 g/mol. The first-order valence-electron chi connectivity index (χ1n) is 12.9. The fourth-order valence-electron chi connectivity index (χ4n) is 4.53. The van der Waals surface area contributed by atoms with E-state index >= 15 is 0 Å². The molecule has 0 saturated carbocycles. The highest BCUT2D eigenvalue weighted by atomic mass is 16.5. The maximum Gasteiger partial charge on any atom is 0.203 e. The van der Waals surface area contributed by atoms with E-state index in [4.69, 9.17) is 28.4 Å². The Bertz CT molecular complexity index is 1360. The molecule has 0 N–H and O–H groups in total. The molecule has 0 aromatic heterocycles. The fourth-order valence-corrected chi connectivity index (χ4v) is 4.53. The van der Waals surface area contributed by atoms with Crippen LogP contribution in [0.1, 0.15) is 22.3 Å². The SMILES string of the molecule is COc1cccc(CCc2ccc(OC)c(Oc3cccc(CCc4cc(OC)c(OC)c(OC)c4)c3)c2)c1. The van der Waals surface area contributed by atoms with Crippen molar-refractivity contribution in [1.82, 2.24) is 0 Å². The Morgan fingerprint density at radius 1 is 0.410 bits per heavy atom. The molecule has 0 heterocycles. The van der Waals surface area contributed by atoms with Gasteiger partial charge in [0.15, 0.2) is 23.0 Å². The first-order valence-corrected chi connectivity index (χ1v) is 12.9. The topological polar surface area (TPSA) is 55.4 Å². The summed E-state index contributed by atoms with van der Waals surface area (Å²) in [4.78, 5) is 0. The summed E-state index contributed by atoms with van der Waals surface area (Å²) in [5, 5.41) is 0. The predicted molar refractivity (Wildman–Crippen MR) is 153 cm³/mol. The van der Waals surface area contributed by atoms with E-state index in [0.29, 0.717) is 28.7 Å². The van der Waals surface area contributed by atoms with Gasteiger partial charge in [-0.2, -0.15) is 0 Å². The lowest BCUT2D eigenvalue weighted by Gasteiger charge is -2.15. The van der Waals surface area contributed by atoms with Gasteiger partial charge >= 0.3 is 0 Å². The average molecular weight is 529 g/mol. The number of methoxy groups -OCH3 is 5. The van der Waals surface area contributed by atoms with Crippen LogP contribution in [0.3, 0.4) is 0 Å². The minimum Gasteiger partial charge on any atom is -0.497 e. The fraction of sp³-hybridized carbons (Fsp3) is 0.273. The minimum atomic E-state index is 0.596. The number of hydrogen-bond donors (Lipinski definition) is 0. The largest absolute Gasteiger partial charge is 0.497 e. The van der Waals surface area contributed by atoms with Gasteiger partial charge in [-0.25, -0.2) is 0 Å². The second kappa shape index (κ2) is 13.5. The maximum atomic E-state index is 6.32. The van der Waals surface area contributed by atoms with Gasteiger partial charge in [0.05, 0.1) is 35.5 Å². The quantitative estimate of drug-likeness (QED) is 0.185. The number of aryl methyl sites for hydroxylation is 4. The van der Waals surface area contributed by atoms with E-state index in [-0.39, 0.29) is 0 Å². The Balaban J connectivity index is 1.45. The van der Waals surface area contributed by atoms with Gasteiger partial charge < -0.3 is 28.4 Å². The molecule has 0 spiro atoms. The van der Waals surface area contributed by atoms with Crippen molar-refractivity contribution in [3.05, 3.63) is 101 Å². The zero-order valence-electron chi connectivity index (χ0n) is 23.3. The summed E-state index contributed by atoms with van der Waals surface area (Å²) >= 11 is 0. The molecular formula is C33H36O6. The van der Waals surface area contributed by atoms with Gasteiger partial charge in [0.25, 0.3) is 0 Å². The van der Waals surface area contributed by atoms with Crippen LogP contribution in [0.15, 0.2) is 78.9 Å². The smallest absolute Gasteiger partial charge is 0.203 e. The third kappa shape index (κ3) is 7.17. The van der Waals surface area contributed by atoms with Crippen LogP contribution in [-0.2, 0) is 25.7 Å². The molecule has 39 heavy (non-hydrogen) atoms. The molecule has 4 aromatic carbocycles. The van der Waals surface area contributed by atoms with Crippen molar-refractivity contribution in [2.75, 3.05) is 35.5 Å². The average Bonchev–Trinajstić information content (AvgIpc) is 2.98. The van der Waals surface area contributed by atoms with E-state index in [1.54, 1.807) is 35.5 Å². The minimum absolute atomic E-state index is 0.596. The first kappa shape index (κ1) is 27.7. The van der Waals surface area contributed by atoms with Crippen molar-refractivity contribution in [3.8, 4) is 40.2 Å². The van der Waals surface area contributed by atoms with Crippen molar-refractivity contribution in [1.29, 1.82) is 0 Å². The second-order valence-electron chi connectivity index (χ2n) is 9.12. The molecule has 0 aliphatic heterocycles. The summed E-state index contributed by atoms with van der Waals surface area (Å²) in [5.74, 6) is 4.94. The van der Waals surface area contributed by atoms with Crippen molar-refractivity contribution in [2.45, 2.75) is 25.7 Å². The molecule has 0 aliphatic rings. The molecule has 0 amide bonds. The van der Waals surface area contributed by atoms with Crippen LogP contribution in [0, 0.1) is 0 Å². The van der Waals surface area contributed by atoms with Gasteiger partial charge in [0.2, 0.25) is 5.75 Å². The summed E-state index contributed by atoms with van der Waals surface area (Å²) in [6.45, 7) is 0. The number of hydrogen-bond acceptors (Lipinski definition) is 6. The molecule has 204 valence electrons. The second-order valence-corrected chi connectivity index (χ2v) is 9.12. The summed E-state index contributed by atoms with van der Waals surface area (Å²) in [6.07, 6.45) is 3.42. The molecule has 6 nitrogen and oxygen atoms in total. The number of rotatable bonds is 13. The Morgan fingerprint density at radius 3 is 1.49 bits per heavy atom. The van der Waals surface area contributed by atoms with Crippen molar-refractivity contribution in [3.63, 3.8) is 0 Å². The van der Waals surface area contributed by atoms with Crippen molar-refractivity contribution in [2.24, 2.45) is 0 Å². The summed E-state index contributed by atoms with van der Waals surface area (Å²) in [7, 11) is 8.21. The molecule has 0 radical (unpaired) electrons. The number of ether oxygens (including phenoxy) is 6. The predicted octanol–water partition coefficient (Wildman–Crippen LogP) is 7.09. The van der Waals surface area contributed by atoms with Gasteiger partial charge in [-0.05, 0) is 96.5 Å². The van der Waals surface area contributed by atoms with E-state index in [1.807, 2.05) is 42.5 Å². The van der Waals surface area contributed by atoms with Gasteiger partial charge in [-0.1, -0.05) is 30.3 Å². The molecule has 0 bridgehead atoms. The first-order chi connectivity index (χ1) is 19.1. The van der Waals surface area contributed by atoms with Crippen LogP contribution in [0.2, 0.25) is 0 Å². The summed E-state index contributed by atoms with van der Waals surface area (Å²) in [6, 6.07) is 26.4. The van der Waals surface area contributed by atoms with Crippen LogP contribution >= 0.6 is 0 Å². The summed E-state index contributed by atoms with van der Waals surface area (Å²) in [5.41, 5.74) is 4.66. The molecule has 0 fully saturated rings. The van der Waals surface area contributed by atoms with E-state index in [2.05, 4.69) is 36.4 Å². The molecule has 6 heteroatoms. The number of benzene rings is 4. The third-order valence-corrected chi connectivity index (χ3v) is 6.62. The maximum absolute atomic E-state index is 6.32.